The van der Waals surface area contributed by atoms with Crippen LogP contribution in [0.5, 0.6) is 11.5 Å². The normalized spacial score (nSPS) is 9.95. The summed E-state index contributed by atoms with van der Waals surface area (Å²) < 4.78 is 10.2. The molecule has 1 N–H and O–H groups in total. The van der Waals surface area contributed by atoms with Gasteiger partial charge in [0.15, 0.2) is 0 Å². The summed E-state index contributed by atoms with van der Waals surface area (Å²) in [7, 11) is 1.54. The predicted molar refractivity (Wildman–Crippen MR) is 79.1 cm³/mol. The van der Waals surface area contributed by atoms with Crippen LogP contribution >= 0.6 is 23.2 Å². The van der Waals surface area contributed by atoms with Gasteiger partial charge in [0.25, 0.3) is 0 Å². The molecule has 20 heavy (non-hydrogen) atoms. The fourth-order valence-corrected chi connectivity index (χ4v) is 1.79. The highest BCUT2D eigenvalue weighted by molar-refractivity contribution is 6.42. The molecule has 1 amide bonds. The third-order valence-corrected chi connectivity index (χ3v) is 3.16. The molecule has 0 radical (unpaired) electrons. The third kappa shape index (κ3) is 3.79. The zero-order valence-corrected chi connectivity index (χ0v) is 12.0. The molecule has 0 unspecified atom stereocenters. The Bertz CT molecular complexity index is 632. The van der Waals surface area contributed by atoms with E-state index in [0.29, 0.717) is 27.2 Å². The van der Waals surface area contributed by atoms with Crippen LogP contribution in [-0.2, 0) is 0 Å². The van der Waals surface area contributed by atoms with E-state index in [2.05, 4.69) is 5.32 Å². The summed E-state index contributed by atoms with van der Waals surface area (Å²) in [5.74, 6) is 0.978. The van der Waals surface area contributed by atoms with E-state index in [0.717, 1.165) is 0 Å². The Balaban J connectivity index is 2.03. The van der Waals surface area contributed by atoms with Gasteiger partial charge in [-0.3, -0.25) is 5.32 Å². The molecule has 0 saturated carbocycles. The van der Waals surface area contributed by atoms with E-state index < -0.39 is 6.09 Å². The van der Waals surface area contributed by atoms with Crippen molar-refractivity contribution in [3.63, 3.8) is 0 Å². The Morgan fingerprint density at radius 3 is 2.50 bits per heavy atom. The van der Waals surface area contributed by atoms with Gasteiger partial charge in [-0.25, -0.2) is 4.79 Å². The molecular formula is C14H11Cl2NO3. The van der Waals surface area contributed by atoms with Gasteiger partial charge in [-0.15, -0.1) is 0 Å². The number of nitrogens with one attached hydrogen (secondary N) is 1. The van der Waals surface area contributed by atoms with E-state index in [-0.39, 0.29) is 0 Å². The lowest BCUT2D eigenvalue weighted by Gasteiger charge is -2.08. The Labute approximate surface area is 126 Å². The summed E-state index contributed by atoms with van der Waals surface area (Å²) in [6.45, 7) is 0. The minimum atomic E-state index is -0.628. The first-order valence-electron chi connectivity index (χ1n) is 5.66. The van der Waals surface area contributed by atoms with Crippen LogP contribution < -0.4 is 14.8 Å². The third-order valence-electron chi connectivity index (χ3n) is 2.42. The Hall–Kier alpha value is -1.91. The zero-order chi connectivity index (χ0) is 14.5. The molecule has 0 fully saturated rings. The van der Waals surface area contributed by atoms with Crippen molar-refractivity contribution in [3.8, 4) is 11.5 Å². The van der Waals surface area contributed by atoms with Gasteiger partial charge in [0.05, 0.1) is 17.2 Å². The predicted octanol–water partition coefficient (Wildman–Crippen LogP) is 4.61. The SMILES string of the molecule is COc1cccc(OC(=O)Nc2ccc(Cl)c(Cl)c2)c1. The fraction of sp³-hybridized carbons (Fsp3) is 0.0714. The summed E-state index contributed by atoms with van der Waals surface area (Å²) in [5.41, 5.74) is 0.493. The van der Waals surface area contributed by atoms with Crippen LogP contribution in [0.3, 0.4) is 0 Å². The highest BCUT2D eigenvalue weighted by atomic mass is 35.5. The van der Waals surface area contributed by atoms with Gasteiger partial charge >= 0.3 is 6.09 Å². The maximum atomic E-state index is 11.7. The van der Waals surface area contributed by atoms with Crippen LogP contribution in [0.2, 0.25) is 10.0 Å². The Kier molecular flexibility index (Phi) is 4.71. The number of hydrogen-bond donors (Lipinski definition) is 1. The van der Waals surface area contributed by atoms with Crippen molar-refractivity contribution in [3.05, 3.63) is 52.5 Å². The molecule has 0 spiro atoms. The number of hydrogen-bond acceptors (Lipinski definition) is 3. The lowest BCUT2D eigenvalue weighted by Crippen LogP contribution is -2.16. The standard InChI is InChI=1S/C14H11Cl2NO3/c1-19-10-3-2-4-11(8-10)20-14(18)17-9-5-6-12(15)13(16)7-9/h2-8H,1H3,(H,17,18). The smallest absolute Gasteiger partial charge is 0.417 e. The summed E-state index contributed by atoms with van der Waals surface area (Å²) in [4.78, 5) is 11.7. The van der Waals surface area contributed by atoms with E-state index in [1.54, 1.807) is 36.4 Å². The molecule has 0 saturated heterocycles. The van der Waals surface area contributed by atoms with Crippen LogP contribution in [-0.4, -0.2) is 13.2 Å². The maximum Gasteiger partial charge on any atom is 0.417 e. The molecular weight excluding hydrogens is 301 g/mol. The molecule has 0 bridgehead atoms. The average molecular weight is 312 g/mol. The summed E-state index contributed by atoms with van der Waals surface area (Å²) >= 11 is 11.6. The number of anilines is 1. The monoisotopic (exact) mass is 311 g/mol. The molecule has 0 aliphatic carbocycles. The number of carbonyl (C=O) groups is 1. The van der Waals surface area contributed by atoms with Crippen molar-refractivity contribution in [2.45, 2.75) is 0 Å². The number of benzene rings is 2. The second kappa shape index (κ2) is 6.50. The Morgan fingerprint density at radius 1 is 1.05 bits per heavy atom. The lowest BCUT2D eigenvalue weighted by atomic mass is 10.3. The quantitative estimate of drug-likeness (QED) is 0.900. The summed E-state index contributed by atoms with van der Waals surface area (Å²) in [6.07, 6.45) is -0.628. The first kappa shape index (κ1) is 14.5. The molecule has 2 aromatic rings. The molecule has 2 rings (SSSR count). The highest BCUT2D eigenvalue weighted by Crippen LogP contribution is 2.25. The zero-order valence-electron chi connectivity index (χ0n) is 10.5. The van der Waals surface area contributed by atoms with Crippen LogP contribution in [0.25, 0.3) is 0 Å². The average Bonchev–Trinajstić information content (AvgIpc) is 2.43. The molecule has 104 valence electrons. The lowest BCUT2D eigenvalue weighted by molar-refractivity contribution is 0.215. The molecule has 6 heteroatoms. The van der Waals surface area contributed by atoms with Crippen molar-refractivity contribution >= 4 is 35.0 Å². The number of methoxy groups -OCH3 is 1. The molecule has 0 aromatic heterocycles. The topological polar surface area (TPSA) is 47.6 Å². The molecule has 0 aliphatic heterocycles. The molecule has 0 aliphatic rings. The second-order valence-corrected chi connectivity index (χ2v) is 4.64. The van der Waals surface area contributed by atoms with Gasteiger partial charge in [-0.05, 0) is 30.3 Å². The highest BCUT2D eigenvalue weighted by Gasteiger charge is 2.07. The van der Waals surface area contributed by atoms with E-state index in [1.165, 1.54) is 13.2 Å². The minimum Gasteiger partial charge on any atom is -0.497 e. The van der Waals surface area contributed by atoms with Crippen LogP contribution in [0.1, 0.15) is 0 Å². The van der Waals surface area contributed by atoms with Gasteiger partial charge in [0.2, 0.25) is 0 Å². The first-order chi connectivity index (χ1) is 9.58. The van der Waals surface area contributed by atoms with Gasteiger partial charge in [0, 0.05) is 11.8 Å². The summed E-state index contributed by atoms with van der Waals surface area (Å²) in [6, 6.07) is 11.5. The van der Waals surface area contributed by atoms with Crippen LogP contribution in [0.15, 0.2) is 42.5 Å². The molecule has 2 aromatic carbocycles. The van der Waals surface area contributed by atoms with Gasteiger partial charge in [0.1, 0.15) is 11.5 Å². The number of ether oxygens (including phenoxy) is 2. The van der Waals surface area contributed by atoms with Gasteiger partial charge in [-0.2, -0.15) is 0 Å². The maximum absolute atomic E-state index is 11.7. The van der Waals surface area contributed by atoms with Crippen molar-refractivity contribution in [2.75, 3.05) is 12.4 Å². The van der Waals surface area contributed by atoms with Crippen molar-refractivity contribution < 1.29 is 14.3 Å². The number of halogens is 2. The van der Waals surface area contributed by atoms with E-state index in [9.17, 15) is 4.79 Å². The summed E-state index contributed by atoms with van der Waals surface area (Å²) in [5, 5.41) is 3.32. The van der Waals surface area contributed by atoms with Gasteiger partial charge in [-0.1, -0.05) is 29.3 Å². The van der Waals surface area contributed by atoms with E-state index >= 15 is 0 Å². The minimum absolute atomic E-state index is 0.353. The van der Waals surface area contributed by atoms with Crippen LogP contribution in [0.4, 0.5) is 10.5 Å². The van der Waals surface area contributed by atoms with Crippen molar-refractivity contribution in [2.24, 2.45) is 0 Å². The fourth-order valence-electron chi connectivity index (χ4n) is 1.49. The second-order valence-electron chi connectivity index (χ2n) is 3.82. The number of amides is 1. The number of rotatable bonds is 3. The molecule has 4 nitrogen and oxygen atoms in total. The first-order valence-corrected chi connectivity index (χ1v) is 6.42. The van der Waals surface area contributed by atoms with Gasteiger partial charge < -0.3 is 9.47 Å². The van der Waals surface area contributed by atoms with Crippen molar-refractivity contribution in [1.82, 2.24) is 0 Å². The Morgan fingerprint density at radius 2 is 1.80 bits per heavy atom. The number of carbonyl (C=O) groups excluding carboxylic acids is 1. The van der Waals surface area contributed by atoms with E-state index in [4.69, 9.17) is 32.7 Å². The van der Waals surface area contributed by atoms with Crippen LogP contribution in [0, 0.1) is 0 Å². The largest absolute Gasteiger partial charge is 0.497 e. The van der Waals surface area contributed by atoms with Crippen molar-refractivity contribution in [1.29, 1.82) is 0 Å². The van der Waals surface area contributed by atoms with E-state index in [1.807, 2.05) is 0 Å². The molecule has 0 atom stereocenters. The molecule has 0 heterocycles.